The van der Waals surface area contributed by atoms with Crippen molar-refractivity contribution in [2.24, 2.45) is 34.5 Å². The van der Waals surface area contributed by atoms with Gasteiger partial charge in [0.05, 0.1) is 23.9 Å². The number of epoxide rings is 1. The Labute approximate surface area is 266 Å². The van der Waals surface area contributed by atoms with E-state index in [1.54, 1.807) is 6.92 Å². The summed E-state index contributed by atoms with van der Waals surface area (Å²) in [7, 11) is 0. The third kappa shape index (κ3) is 6.65. The van der Waals surface area contributed by atoms with E-state index in [1.165, 1.54) is 19.9 Å². The van der Waals surface area contributed by atoms with Gasteiger partial charge in [-0.15, -0.1) is 0 Å². The summed E-state index contributed by atoms with van der Waals surface area (Å²) in [5.74, 6) is -3.58. The SMILES string of the molecule is CC[C@H](C)C(=O)O[C@@H](C[C@@]1(C)[C@H](C)C[C@H](OC(C)=O)[C@]2(COC(C)=O)[C@@H]1[C@H](OC(=O)[C@@H](C)CC)CC[C@]21CO1)C1=CC(=O)OC1. The predicted octanol–water partition coefficient (Wildman–Crippen LogP) is 4.48. The summed E-state index contributed by atoms with van der Waals surface area (Å²) in [4.78, 5) is 63.7. The lowest BCUT2D eigenvalue weighted by Gasteiger charge is -2.64. The highest BCUT2D eigenvalue weighted by Gasteiger charge is 2.77. The number of fused-ring (bicyclic) bond motifs is 2. The molecule has 0 radical (unpaired) electrons. The lowest BCUT2D eigenvalue weighted by molar-refractivity contribution is -0.260. The highest BCUT2D eigenvalue weighted by atomic mass is 16.6. The van der Waals surface area contributed by atoms with Crippen molar-refractivity contribution in [3.8, 4) is 0 Å². The van der Waals surface area contributed by atoms with Crippen LogP contribution in [0, 0.1) is 34.5 Å². The number of ether oxygens (including phenoxy) is 6. The molecule has 0 N–H and O–H groups in total. The molecule has 0 unspecified atom stereocenters. The van der Waals surface area contributed by atoms with E-state index in [9.17, 15) is 24.0 Å². The second kappa shape index (κ2) is 13.4. The van der Waals surface area contributed by atoms with E-state index in [4.69, 9.17) is 28.4 Å². The molecule has 0 aromatic carbocycles. The van der Waals surface area contributed by atoms with Crippen molar-refractivity contribution in [3.63, 3.8) is 0 Å². The van der Waals surface area contributed by atoms with Crippen LogP contribution in [0.3, 0.4) is 0 Å². The fourth-order valence-corrected chi connectivity index (χ4v) is 7.93. The first-order valence-electron chi connectivity index (χ1n) is 16.4. The van der Waals surface area contributed by atoms with Crippen molar-refractivity contribution in [2.75, 3.05) is 19.8 Å². The van der Waals surface area contributed by atoms with E-state index >= 15 is 0 Å². The molecule has 252 valence electrons. The van der Waals surface area contributed by atoms with Crippen molar-refractivity contribution in [1.29, 1.82) is 0 Å². The maximum Gasteiger partial charge on any atom is 0.331 e. The maximum absolute atomic E-state index is 13.4. The molecule has 2 aliphatic carbocycles. The Morgan fingerprint density at radius 3 is 2.20 bits per heavy atom. The molecule has 45 heavy (non-hydrogen) atoms. The minimum Gasteiger partial charge on any atom is -0.465 e. The van der Waals surface area contributed by atoms with Gasteiger partial charge in [-0.2, -0.15) is 0 Å². The molecule has 0 amide bonds. The van der Waals surface area contributed by atoms with E-state index in [-0.39, 0.29) is 49.3 Å². The summed E-state index contributed by atoms with van der Waals surface area (Å²) in [5.41, 5.74) is -2.03. The monoisotopic (exact) mass is 634 g/mol. The Hall–Kier alpha value is -2.95. The standard InChI is InChI=1S/C34H50O11/c1-9-19(3)30(38)44-25-11-12-33(17-42-33)34(18-41-22(6)35)27(43-23(7)36)13-21(5)32(8,29(25)34)15-26(24-14-28(37)40-16-24)45-31(39)20(4)10-2/h14,19-21,25-27,29H,9-13,15-18H2,1-8H3/t19-,20-,21+,25+,26-,27-,29+,32-,33-,34+/m0/s1. The summed E-state index contributed by atoms with van der Waals surface area (Å²) >= 11 is 0. The lowest BCUT2D eigenvalue weighted by atomic mass is 9.42. The van der Waals surface area contributed by atoms with Crippen molar-refractivity contribution < 1.29 is 52.4 Å². The minimum absolute atomic E-state index is 0.000550. The summed E-state index contributed by atoms with van der Waals surface area (Å²) < 4.78 is 35.9. The Balaban J connectivity index is 1.89. The van der Waals surface area contributed by atoms with Crippen molar-refractivity contribution in [1.82, 2.24) is 0 Å². The molecule has 0 aromatic heterocycles. The van der Waals surface area contributed by atoms with Gasteiger partial charge in [-0.25, -0.2) is 4.79 Å². The van der Waals surface area contributed by atoms with Crippen LogP contribution >= 0.6 is 0 Å². The fourth-order valence-electron chi connectivity index (χ4n) is 7.93. The third-order valence-electron chi connectivity index (χ3n) is 11.2. The minimum atomic E-state index is -1.06. The van der Waals surface area contributed by atoms with E-state index in [0.717, 1.165) is 0 Å². The summed E-state index contributed by atoms with van der Waals surface area (Å²) in [6, 6.07) is 0. The lowest BCUT2D eigenvalue weighted by Crippen LogP contribution is -2.71. The number of hydrogen-bond acceptors (Lipinski definition) is 11. The molecule has 2 heterocycles. The number of cyclic esters (lactones) is 1. The van der Waals surface area contributed by atoms with E-state index < -0.39 is 58.6 Å². The summed E-state index contributed by atoms with van der Waals surface area (Å²) in [6.07, 6.45) is 2.11. The molecular weight excluding hydrogens is 584 g/mol. The van der Waals surface area contributed by atoms with Gasteiger partial charge < -0.3 is 28.4 Å². The molecule has 11 nitrogen and oxygen atoms in total. The largest absolute Gasteiger partial charge is 0.465 e. The summed E-state index contributed by atoms with van der Waals surface area (Å²) in [5, 5.41) is 0. The van der Waals surface area contributed by atoms with Gasteiger partial charge in [0.15, 0.2) is 0 Å². The molecular formula is C34H50O11. The van der Waals surface area contributed by atoms with Gasteiger partial charge in [0.1, 0.15) is 37.1 Å². The zero-order valence-electron chi connectivity index (χ0n) is 28.0. The molecule has 11 heteroatoms. The number of carbonyl (C=O) groups excluding carboxylic acids is 5. The van der Waals surface area contributed by atoms with Gasteiger partial charge in [0.2, 0.25) is 0 Å². The fraction of sp³-hybridized carbons (Fsp3) is 0.794. The Kier molecular flexibility index (Phi) is 10.4. The smallest absolute Gasteiger partial charge is 0.331 e. The molecule has 2 aliphatic heterocycles. The molecule has 0 aromatic rings. The van der Waals surface area contributed by atoms with Gasteiger partial charge in [-0.3, -0.25) is 19.2 Å². The van der Waals surface area contributed by atoms with E-state index in [0.29, 0.717) is 44.3 Å². The average Bonchev–Trinajstić information content (AvgIpc) is 3.64. The highest BCUT2D eigenvalue weighted by molar-refractivity contribution is 5.85. The van der Waals surface area contributed by atoms with Gasteiger partial charge >= 0.3 is 29.8 Å². The highest BCUT2D eigenvalue weighted by Crippen LogP contribution is 2.70. The first-order chi connectivity index (χ1) is 21.1. The number of hydrogen-bond donors (Lipinski definition) is 0. The first-order valence-corrected chi connectivity index (χ1v) is 16.4. The van der Waals surface area contributed by atoms with Crippen LogP contribution in [0.2, 0.25) is 0 Å². The van der Waals surface area contributed by atoms with E-state index in [1.807, 2.05) is 27.7 Å². The van der Waals surface area contributed by atoms with Crippen LogP contribution < -0.4 is 0 Å². The predicted molar refractivity (Wildman–Crippen MR) is 160 cm³/mol. The molecule has 3 fully saturated rings. The molecule has 4 rings (SSSR count). The van der Waals surface area contributed by atoms with Crippen molar-refractivity contribution in [2.45, 2.75) is 118 Å². The molecule has 2 saturated carbocycles. The zero-order valence-corrected chi connectivity index (χ0v) is 28.0. The number of esters is 5. The molecule has 1 saturated heterocycles. The molecule has 1 spiro atoms. The van der Waals surface area contributed by atoms with Gasteiger partial charge in [-0.1, -0.05) is 41.5 Å². The second-order valence-electron chi connectivity index (χ2n) is 13.9. The van der Waals surface area contributed by atoms with Gasteiger partial charge in [-0.05, 0) is 49.9 Å². The summed E-state index contributed by atoms with van der Waals surface area (Å²) in [6.45, 7) is 14.5. The Morgan fingerprint density at radius 2 is 1.67 bits per heavy atom. The third-order valence-corrected chi connectivity index (χ3v) is 11.2. The van der Waals surface area contributed by atoms with Crippen molar-refractivity contribution >= 4 is 29.8 Å². The van der Waals surface area contributed by atoms with Crippen molar-refractivity contribution in [3.05, 3.63) is 11.6 Å². The average molecular weight is 635 g/mol. The van der Waals surface area contributed by atoms with Crippen LogP contribution in [0.4, 0.5) is 0 Å². The van der Waals surface area contributed by atoms with Crippen LogP contribution in [-0.4, -0.2) is 73.6 Å². The molecule has 4 aliphatic rings. The quantitative estimate of drug-likeness (QED) is 0.170. The van der Waals surface area contributed by atoms with Crippen LogP contribution in [0.15, 0.2) is 11.6 Å². The van der Waals surface area contributed by atoms with Crippen LogP contribution in [0.1, 0.15) is 93.9 Å². The Morgan fingerprint density at radius 1 is 1.02 bits per heavy atom. The second-order valence-corrected chi connectivity index (χ2v) is 13.9. The van der Waals surface area contributed by atoms with E-state index in [2.05, 4.69) is 6.92 Å². The number of rotatable bonds is 12. The normalized spacial score (nSPS) is 35.6. The van der Waals surface area contributed by atoms with Gasteiger partial charge in [0.25, 0.3) is 0 Å². The molecule has 10 atom stereocenters. The Bertz CT molecular complexity index is 1200. The van der Waals surface area contributed by atoms with Crippen LogP contribution in [-0.2, 0) is 52.4 Å². The molecule has 0 bridgehead atoms. The van der Waals surface area contributed by atoms with Crippen LogP contribution in [0.25, 0.3) is 0 Å². The topological polar surface area (TPSA) is 144 Å². The van der Waals surface area contributed by atoms with Gasteiger partial charge in [0, 0.05) is 31.4 Å². The van der Waals surface area contributed by atoms with Crippen LogP contribution in [0.5, 0.6) is 0 Å². The maximum atomic E-state index is 13.4. The number of carbonyl (C=O) groups is 5. The first kappa shape index (κ1) is 34.9. The zero-order chi connectivity index (χ0) is 33.3.